The van der Waals surface area contributed by atoms with Gasteiger partial charge in [-0.05, 0) is 58.0 Å². The largest absolute Gasteiger partial charge is 0.354 e. The number of likely N-dealkylation sites (tertiary alicyclic amines) is 2. The average molecular weight is 404 g/mol. The van der Waals surface area contributed by atoms with Crippen molar-refractivity contribution in [2.75, 3.05) is 26.2 Å². The highest BCUT2D eigenvalue weighted by atomic mass is 16.2. The summed E-state index contributed by atoms with van der Waals surface area (Å²) in [6, 6.07) is 0.370. The molecule has 2 saturated heterocycles. The minimum absolute atomic E-state index is 0.0178. The highest BCUT2D eigenvalue weighted by Crippen LogP contribution is 2.37. The number of nitrogens with one attached hydrogen (secondary N) is 1. The molecule has 0 spiro atoms. The first-order valence-electron chi connectivity index (χ1n) is 12.5. The van der Waals surface area contributed by atoms with E-state index in [4.69, 9.17) is 0 Å². The molecular formula is C24H41N3O2. The molecule has 0 aromatic rings. The van der Waals surface area contributed by atoms with Crippen molar-refractivity contribution in [1.82, 2.24) is 15.1 Å². The number of carbonyl (C=O) groups is 2. The average Bonchev–Trinajstić information content (AvgIpc) is 3.08. The molecule has 0 aromatic heterocycles. The van der Waals surface area contributed by atoms with Gasteiger partial charge in [0.15, 0.2) is 0 Å². The first-order valence-corrected chi connectivity index (χ1v) is 12.5. The lowest BCUT2D eigenvalue weighted by Gasteiger charge is -2.44. The second-order valence-corrected chi connectivity index (χ2v) is 10.1. The van der Waals surface area contributed by atoms with Gasteiger partial charge in [0.25, 0.3) is 0 Å². The van der Waals surface area contributed by atoms with Crippen molar-refractivity contribution in [2.24, 2.45) is 5.92 Å². The quantitative estimate of drug-likeness (QED) is 0.709. The van der Waals surface area contributed by atoms with Crippen LogP contribution in [-0.4, -0.2) is 59.4 Å². The van der Waals surface area contributed by atoms with E-state index in [-0.39, 0.29) is 23.3 Å². The molecule has 1 atom stereocenters. The Morgan fingerprint density at radius 3 is 2.24 bits per heavy atom. The summed E-state index contributed by atoms with van der Waals surface area (Å²) < 4.78 is 0. The third-order valence-electron chi connectivity index (χ3n) is 8.23. The Bertz CT molecular complexity index is 558. The van der Waals surface area contributed by atoms with Crippen molar-refractivity contribution in [3.05, 3.63) is 0 Å². The molecule has 0 radical (unpaired) electrons. The van der Waals surface area contributed by atoms with E-state index in [1.54, 1.807) is 0 Å². The second-order valence-electron chi connectivity index (χ2n) is 10.1. The molecule has 2 aliphatic carbocycles. The molecule has 5 nitrogen and oxygen atoms in total. The van der Waals surface area contributed by atoms with Gasteiger partial charge in [-0.1, -0.05) is 44.9 Å². The third kappa shape index (κ3) is 4.98. The highest BCUT2D eigenvalue weighted by Gasteiger charge is 2.41. The first kappa shape index (κ1) is 21.1. The van der Waals surface area contributed by atoms with E-state index in [9.17, 15) is 9.59 Å². The maximum Gasteiger partial charge on any atom is 0.224 e. The fourth-order valence-electron chi connectivity index (χ4n) is 6.41. The summed E-state index contributed by atoms with van der Waals surface area (Å²) in [6.45, 7) is 3.85. The Morgan fingerprint density at radius 1 is 0.897 bits per heavy atom. The fourth-order valence-corrected chi connectivity index (χ4v) is 6.41. The Kier molecular flexibility index (Phi) is 7.15. The topological polar surface area (TPSA) is 52.7 Å². The van der Waals surface area contributed by atoms with E-state index < -0.39 is 0 Å². The maximum absolute atomic E-state index is 13.1. The molecule has 29 heavy (non-hydrogen) atoms. The zero-order chi connectivity index (χ0) is 20.1. The smallest absolute Gasteiger partial charge is 0.224 e. The SMILES string of the molecule is O=C(NCC1(N2CCCCC2)CCCC1)[C@H]1CCC(=O)N(C2CCCCCC2)C1. The molecule has 2 heterocycles. The molecule has 4 rings (SSSR count). The molecule has 5 heteroatoms. The van der Waals surface area contributed by atoms with E-state index in [2.05, 4.69) is 15.1 Å². The minimum atomic E-state index is -0.0178. The van der Waals surface area contributed by atoms with Gasteiger partial charge in [-0.25, -0.2) is 0 Å². The Hall–Kier alpha value is -1.10. The number of rotatable bonds is 5. The van der Waals surface area contributed by atoms with E-state index in [0.29, 0.717) is 19.0 Å². The number of hydrogen-bond donors (Lipinski definition) is 1. The zero-order valence-electron chi connectivity index (χ0n) is 18.3. The summed E-state index contributed by atoms with van der Waals surface area (Å²) in [5.41, 5.74) is 0.196. The van der Waals surface area contributed by atoms with Gasteiger partial charge in [-0.15, -0.1) is 0 Å². The Morgan fingerprint density at radius 2 is 1.55 bits per heavy atom. The molecule has 0 unspecified atom stereocenters. The van der Waals surface area contributed by atoms with Crippen LogP contribution in [0.2, 0.25) is 0 Å². The van der Waals surface area contributed by atoms with Crippen LogP contribution in [0.1, 0.15) is 96.3 Å². The van der Waals surface area contributed by atoms with Crippen LogP contribution in [0.5, 0.6) is 0 Å². The lowest BCUT2D eigenvalue weighted by Crippen LogP contribution is -2.57. The molecule has 2 amide bonds. The summed E-state index contributed by atoms with van der Waals surface area (Å²) in [7, 11) is 0. The van der Waals surface area contributed by atoms with Crippen molar-refractivity contribution in [3.8, 4) is 0 Å². The second kappa shape index (κ2) is 9.80. The van der Waals surface area contributed by atoms with E-state index in [0.717, 1.165) is 25.8 Å². The first-order chi connectivity index (χ1) is 14.2. The van der Waals surface area contributed by atoms with Gasteiger partial charge in [0.1, 0.15) is 0 Å². The molecule has 2 aliphatic heterocycles. The van der Waals surface area contributed by atoms with E-state index >= 15 is 0 Å². The Balaban J connectivity index is 1.34. The molecule has 1 N–H and O–H groups in total. The van der Waals surface area contributed by atoms with Crippen molar-refractivity contribution in [3.63, 3.8) is 0 Å². The van der Waals surface area contributed by atoms with E-state index in [1.165, 1.54) is 83.7 Å². The predicted molar refractivity (Wildman–Crippen MR) is 116 cm³/mol. The van der Waals surface area contributed by atoms with E-state index in [1.807, 2.05) is 0 Å². The molecule has 4 fully saturated rings. The highest BCUT2D eigenvalue weighted by molar-refractivity contribution is 5.84. The van der Waals surface area contributed by atoms with Crippen LogP contribution in [0.3, 0.4) is 0 Å². The summed E-state index contributed by atoms with van der Waals surface area (Å²) in [6.07, 6.45) is 17.6. The van der Waals surface area contributed by atoms with Gasteiger partial charge in [0.05, 0.1) is 5.92 Å². The number of piperidine rings is 2. The Labute approximate surface area is 177 Å². The van der Waals surface area contributed by atoms with Crippen LogP contribution in [0.4, 0.5) is 0 Å². The van der Waals surface area contributed by atoms with Crippen LogP contribution in [0, 0.1) is 5.92 Å². The lowest BCUT2D eigenvalue weighted by atomic mass is 9.90. The van der Waals surface area contributed by atoms with Gasteiger partial charge in [-0.2, -0.15) is 0 Å². The summed E-state index contributed by atoms with van der Waals surface area (Å²) in [5, 5.41) is 3.36. The molecular weight excluding hydrogens is 362 g/mol. The summed E-state index contributed by atoms with van der Waals surface area (Å²) in [4.78, 5) is 30.5. The van der Waals surface area contributed by atoms with Crippen LogP contribution >= 0.6 is 0 Å². The lowest BCUT2D eigenvalue weighted by molar-refractivity contribution is -0.141. The maximum atomic E-state index is 13.1. The van der Waals surface area contributed by atoms with Gasteiger partial charge < -0.3 is 10.2 Å². The summed E-state index contributed by atoms with van der Waals surface area (Å²) in [5.74, 6) is 0.455. The molecule has 0 aromatic carbocycles. The number of nitrogens with zero attached hydrogens (tertiary/aromatic N) is 2. The zero-order valence-corrected chi connectivity index (χ0v) is 18.3. The van der Waals surface area contributed by atoms with Crippen LogP contribution in [0.25, 0.3) is 0 Å². The van der Waals surface area contributed by atoms with Gasteiger partial charge in [0, 0.05) is 31.1 Å². The van der Waals surface area contributed by atoms with Gasteiger partial charge >= 0.3 is 0 Å². The number of hydrogen-bond acceptors (Lipinski definition) is 3. The molecule has 0 bridgehead atoms. The van der Waals surface area contributed by atoms with Crippen LogP contribution in [-0.2, 0) is 9.59 Å². The van der Waals surface area contributed by atoms with Crippen molar-refractivity contribution in [2.45, 2.75) is 108 Å². The van der Waals surface area contributed by atoms with Crippen molar-refractivity contribution >= 4 is 11.8 Å². The number of amides is 2. The summed E-state index contributed by atoms with van der Waals surface area (Å²) >= 11 is 0. The van der Waals surface area contributed by atoms with Gasteiger partial charge in [-0.3, -0.25) is 14.5 Å². The molecule has 4 aliphatic rings. The van der Waals surface area contributed by atoms with Crippen LogP contribution < -0.4 is 5.32 Å². The van der Waals surface area contributed by atoms with Gasteiger partial charge in [0.2, 0.25) is 11.8 Å². The molecule has 164 valence electrons. The monoisotopic (exact) mass is 403 g/mol. The predicted octanol–water partition coefficient (Wildman–Crippen LogP) is 3.86. The number of carbonyl (C=O) groups excluding carboxylic acids is 2. The normalized spacial score (nSPS) is 29.6. The standard InChI is InChI=1S/C24H41N3O2/c28-22-13-12-20(18-27(22)21-10-4-1-2-5-11-21)23(29)25-19-24(14-6-7-15-24)26-16-8-3-9-17-26/h20-21H,1-19H2,(H,25,29)/t20-/m0/s1. The fraction of sp³-hybridized carbons (Fsp3) is 0.917. The van der Waals surface area contributed by atoms with Crippen LogP contribution in [0.15, 0.2) is 0 Å². The third-order valence-corrected chi connectivity index (χ3v) is 8.23. The van der Waals surface area contributed by atoms with Crippen molar-refractivity contribution < 1.29 is 9.59 Å². The molecule has 2 saturated carbocycles. The van der Waals surface area contributed by atoms with Crippen molar-refractivity contribution in [1.29, 1.82) is 0 Å². The minimum Gasteiger partial charge on any atom is -0.354 e.